The lowest BCUT2D eigenvalue weighted by atomic mass is 9.91. The molecule has 0 saturated carbocycles. The molecule has 3 N–H and O–H groups in total. The van der Waals surface area contributed by atoms with Crippen molar-refractivity contribution in [1.82, 2.24) is 35.5 Å². The van der Waals surface area contributed by atoms with Crippen LogP contribution in [-0.2, 0) is 0 Å². The highest BCUT2D eigenvalue weighted by molar-refractivity contribution is 7.13. The molecule has 0 amide bonds. The molecule has 6 rings (SSSR count). The van der Waals surface area contributed by atoms with Gasteiger partial charge in [0.2, 0.25) is 0 Å². The third-order valence-corrected chi connectivity index (χ3v) is 6.57. The molecule has 7 nitrogen and oxygen atoms in total. The fourth-order valence-electron chi connectivity index (χ4n) is 4.15. The second-order valence-corrected chi connectivity index (χ2v) is 8.54. The molecule has 5 aromatic heterocycles. The average molecular weight is 419 g/mol. The third-order valence-electron chi connectivity index (χ3n) is 5.69. The molecule has 0 radical (unpaired) electrons. The van der Waals surface area contributed by atoms with Crippen LogP contribution in [0.15, 0.2) is 36.7 Å². The molecule has 6 heterocycles. The number of pyridine rings is 2. The third kappa shape index (κ3) is 2.89. The van der Waals surface area contributed by atoms with E-state index in [1.54, 1.807) is 12.3 Å². The predicted molar refractivity (Wildman–Crippen MR) is 115 cm³/mol. The van der Waals surface area contributed by atoms with Gasteiger partial charge in [0.25, 0.3) is 0 Å². The van der Waals surface area contributed by atoms with Gasteiger partial charge in [-0.3, -0.25) is 10.1 Å². The number of nitrogens with one attached hydrogen (secondary N) is 3. The Kier molecular flexibility index (Phi) is 4.10. The van der Waals surface area contributed by atoms with Crippen molar-refractivity contribution in [2.75, 3.05) is 13.1 Å². The minimum atomic E-state index is -0.240. The van der Waals surface area contributed by atoms with Crippen LogP contribution >= 0.6 is 11.3 Å². The maximum Gasteiger partial charge on any atom is 0.181 e. The summed E-state index contributed by atoms with van der Waals surface area (Å²) in [6.07, 6.45) is 5.86. The van der Waals surface area contributed by atoms with Crippen LogP contribution in [0.1, 0.15) is 24.3 Å². The minimum Gasteiger partial charge on any atom is -0.337 e. The zero-order chi connectivity index (χ0) is 20.1. The topological polar surface area (TPSA) is 95.2 Å². The van der Waals surface area contributed by atoms with Gasteiger partial charge in [-0.15, -0.1) is 11.3 Å². The van der Waals surface area contributed by atoms with E-state index in [9.17, 15) is 4.39 Å². The van der Waals surface area contributed by atoms with Crippen molar-refractivity contribution in [2.45, 2.75) is 18.8 Å². The van der Waals surface area contributed by atoms with Crippen molar-refractivity contribution in [3.8, 4) is 22.1 Å². The number of nitrogens with zero attached hydrogens (tertiary/aromatic N) is 4. The summed E-state index contributed by atoms with van der Waals surface area (Å²) in [5.74, 6) is 1.18. The Morgan fingerprint density at radius 3 is 2.83 bits per heavy atom. The molecule has 1 saturated heterocycles. The Morgan fingerprint density at radius 1 is 1.10 bits per heavy atom. The summed E-state index contributed by atoms with van der Waals surface area (Å²) in [5, 5.41) is 11.6. The molecule has 1 aliphatic rings. The first-order chi connectivity index (χ1) is 14.8. The molecule has 1 fully saturated rings. The normalized spacial score (nSPS) is 15.4. The minimum absolute atomic E-state index is 0.240. The van der Waals surface area contributed by atoms with E-state index in [0.717, 1.165) is 58.7 Å². The summed E-state index contributed by atoms with van der Waals surface area (Å²) in [5.41, 5.74) is 4.92. The van der Waals surface area contributed by atoms with Gasteiger partial charge >= 0.3 is 0 Å². The summed E-state index contributed by atoms with van der Waals surface area (Å²) >= 11 is 1.06. The van der Waals surface area contributed by atoms with E-state index >= 15 is 0 Å². The summed E-state index contributed by atoms with van der Waals surface area (Å²) in [7, 11) is 0. The molecular weight excluding hydrogens is 401 g/mol. The first kappa shape index (κ1) is 17.7. The maximum absolute atomic E-state index is 13.5. The number of imidazole rings is 1. The van der Waals surface area contributed by atoms with Gasteiger partial charge in [-0.05, 0) is 61.7 Å². The molecule has 30 heavy (non-hydrogen) atoms. The molecule has 5 aromatic rings. The van der Waals surface area contributed by atoms with E-state index in [4.69, 9.17) is 4.98 Å². The van der Waals surface area contributed by atoms with Crippen molar-refractivity contribution in [3.05, 3.63) is 47.4 Å². The molecular formula is C21H18FN7S. The van der Waals surface area contributed by atoms with E-state index in [2.05, 4.69) is 36.5 Å². The SMILES string of the molecule is Fc1ccc(-c2nccc3[nH]c(-c4[nH]nc5ncc(C6CCNCC6)cc45)nc23)s1. The Hall–Kier alpha value is -3.17. The second kappa shape index (κ2) is 6.96. The lowest BCUT2D eigenvalue weighted by Gasteiger charge is -2.22. The zero-order valence-electron chi connectivity index (χ0n) is 15.9. The quantitative estimate of drug-likeness (QED) is 0.407. The van der Waals surface area contributed by atoms with E-state index in [1.807, 2.05) is 12.3 Å². The van der Waals surface area contributed by atoms with E-state index in [0.29, 0.717) is 28.6 Å². The lowest BCUT2D eigenvalue weighted by molar-refractivity contribution is 0.460. The highest BCUT2D eigenvalue weighted by atomic mass is 32.1. The largest absolute Gasteiger partial charge is 0.337 e. The number of rotatable bonds is 3. The fourth-order valence-corrected chi connectivity index (χ4v) is 4.88. The van der Waals surface area contributed by atoms with Crippen LogP contribution in [0.25, 0.3) is 44.2 Å². The number of aromatic nitrogens is 6. The van der Waals surface area contributed by atoms with Gasteiger partial charge in [-0.2, -0.15) is 9.49 Å². The smallest absolute Gasteiger partial charge is 0.181 e. The molecule has 0 bridgehead atoms. The van der Waals surface area contributed by atoms with Gasteiger partial charge in [0.1, 0.15) is 16.9 Å². The van der Waals surface area contributed by atoms with Gasteiger partial charge in [-0.25, -0.2) is 9.97 Å². The van der Waals surface area contributed by atoms with Crippen molar-refractivity contribution >= 4 is 33.4 Å². The van der Waals surface area contributed by atoms with Crippen molar-refractivity contribution in [1.29, 1.82) is 0 Å². The summed E-state index contributed by atoms with van der Waals surface area (Å²) in [6.45, 7) is 2.06. The second-order valence-electron chi connectivity index (χ2n) is 7.51. The number of hydrogen-bond acceptors (Lipinski definition) is 6. The number of fused-ring (bicyclic) bond motifs is 2. The maximum atomic E-state index is 13.5. The molecule has 1 aliphatic heterocycles. The Morgan fingerprint density at radius 2 is 2.00 bits per heavy atom. The predicted octanol–water partition coefficient (Wildman–Crippen LogP) is 4.23. The number of aromatic amines is 2. The zero-order valence-corrected chi connectivity index (χ0v) is 16.8. The van der Waals surface area contributed by atoms with E-state index < -0.39 is 0 Å². The standard InChI is InChI=1S/C21H18FN7S/c22-16-2-1-15(30-16)19-18-14(5-8-24-19)26-21(27-18)17-13-9-12(10-25-20(13)29-28-17)11-3-6-23-7-4-11/h1-2,5,8-11,23H,3-4,6-7H2,(H,26,27)(H,25,28,29). The molecule has 0 aromatic carbocycles. The number of thiophene rings is 1. The number of H-pyrrole nitrogens is 2. The van der Waals surface area contributed by atoms with E-state index in [1.165, 1.54) is 11.6 Å². The van der Waals surface area contributed by atoms with Gasteiger partial charge < -0.3 is 10.3 Å². The molecule has 0 unspecified atom stereocenters. The fraction of sp³-hybridized carbons (Fsp3) is 0.238. The highest BCUT2D eigenvalue weighted by Gasteiger charge is 2.20. The van der Waals surface area contributed by atoms with Crippen molar-refractivity contribution in [3.63, 3.8) is 0 Å². The van der Waals surface area contributed by atoms with Crippen LogP contribution < -0.4 is 5.32 Å². The van der Waals surface area contributed by atoms with Crippen LogP contribution in [0.5, 0.6) is 0 Å². The van der Waals surface area contributed by atoms with Crippen LogP contribution in [0, 0.1) is 5.13 Å². The van der Waals surface area contributed by atoms with E-state index in [-0.39, 0.29) is 5.13 Å². The van der Waals surface area contributed by atoms with Crippen LogP contribution in [-0.4, -0.2) is 43.2 Å². The Labute approximate surface area is 174 Å². The summed E-state index contributed by atoms with van der Waals surface area (Å²) < 4.78 is 13.5. The summed E-state index contributed by atoms with van der Waals surface area (Å²) in [6, 6.07) is 7.23. The van der Waals surface area contributed by atoms with Gasteiger partial charge in [0, 0.05) is 12.4 Å². The number of piperidine rings is 1. The van der Waals surface area contributed by atoms with Gasteiger partial charge in [0.15, 0.2) is 16.6 Å². The molecule has 0 atom stereocenters. The van der Waals surface area contributed by atoms with Crippen molar-refractivity contribution < 1.29 is 4.39 Å². The first-order valence-electron chi connectivity index (χ1n) is 9.92. The molecule has 0 spiro atoms. The Balaban J connectivity index is 1.47. The van der Waals surface area contributed by atoms with Crippen LogP contribution in [0.2, 0.25) is 0 Å². The van der Waals surface area contributed by atoms with Crippen LogP contribution in [0.4, 0.5) is 4.39 Å². The summed E-state index contributed by atoms with van der Waals surface area (Å²) in [4.78, 5) is 17.9. The lowest BCUT2D eigenvalue weighted by Crippen LogP contribution is -2.26. The Bertz CT molecular complexity index is 1360. The van der Waals surface area contributed by atoms with Crippen molar-refractivity contribution in [2.24, 2.45) is 0 Å². The monoisotopic (exact) mass is 419 g/mol. The van der Waals surface area contributed by atoms with Gasteiger partial charge in [0.05, 0.1) is 15.8 Å². The first-order valence-corrected chi connectivity index (χ1v) is 10.7. The number of halogens is 1. The number of hydrogen-bond donors (Lipinski definition) is 3. The molecule has 0 aliphatic carbocycles. The van der Waals surface area contributed by atoms with Crippen LogP contribution in [0.3, 0.4) is 0 Å². The van der Waals surface area contributed by atoms with Gasteiger partial charge in [-0.1, -0.05) is 0 Å². The molecule has 9 heteroatoms. The highest BCUT2D eigenvalue weighted by Crippen LogP contribution is 2.34. The average Bonchev–Trinajstić information content (AvgIpc) is 3.51. The molecule has 150 valence electrons.